The molecular formula is C17H24N4O2. The van der Waals surface area contributed by atoms with Crippen LogP contribution in [-0.4, -0.2) is 52.1 Å². The first-order valence-electron chi connectivity index (χ1n) is 8.72. The number of nitrogens with one attached hydrogen (secondary N) is 1. The number of amides is 1. The summed E-state index contributed by atoms with van der Waals surface area (Å²) in [5.74, 6) is 1.30. The van der Waals surface area contributed by atoms with E-state index in [0.29, 0.717) is 17.8 Å². The first-order chi connectivity index (χ1) is 11.2. The average molecular weight is 316 g/mol. The van der Waals surface area contributed by atoms with Crippen molar-refractivity contribution in [3.05, 3.63) is 18.5 Å². The SMILES string of the molecule is O=C(C1CC1)N1CC[C@@]2(CCC[C@@H](CNc3ncccn3)O2)C1. The highest BCUT2D eigenvalue weighted by Crippen LogP contribution is 2.39. The van der Waals surface area contributed by atoms with E-state index in [9.17, 15) is 4.79 Å². The van der Waals surface area contributed by atoms with Crippen molar-refractivity contribution >= 4 is 11.9 Å². The van der Waals surface area contributed by atoms with Crippen LogP contribution in [0.15, 0.2) is 18.5 Å². The van der Waals surface area contributed by atoms with Gasteiger partial charge in [-0.15, -0.1) is 0 Å². The zero-order chi connectivity index (χ0) is 15.7. The summed E-state index contributed by atoms with van der Waals surface area (Å²) in [7, 11) is 0. The molecule has 6 heteroatoms. The van der Waals surface area contributed by atoms with Gasteiger partial charge in [0, 0.05) is 37.9 Å². The number of nitrogens with zero attached hydrogens (tertiary/aromatic N) is 3. The van der Waals surface area contributed by atoms with Crippen molar-refractivity contribution in [2.75, 3.05) is 25.0 Å². The molecule has 2 aliphatic heterocycles. The molecule has 1 N–H and O–H groups in total. The van der Waals surface area contributed by atoms with Crippen LogP contribution in [0, 0.1) is 5.92 Å². The smallest absolute Gasteiger partial charge is 0.225 e. The van der Waals surface area contributed by atoms with E-state index in [1.54, 1.807) is 18.5 Å². The molecule has 3 heterocycles. The van der Waals surface area contributed by atoms with Crippen molar-refractivity contribution in [2.45, 2.75) is 50.2 Å². The molecule has 0 radical (unpaired) electrons. The van der Waals surface area contributed by atoms with Crippen molar-refractivity contribution in [3.63, 3.8) is 0 Å². The Hall–Kier alpha value is -1.69. The minimum atomic E-state index is -0.118. The van der Waals surface area contributed by atoms with Gasteiger partial charge in [-0.2, -0.15) is 0 Å². The molecule has 2 atom stereocenters. The van der Waals surface area contributed by atoms with Gasteiger partial charge in [0.15, 0.2) is 0 Å². The Morgan fingerprint density at radius 3 is 2.91 bits per heavy atom. The molecule has 1 aliphatic carbocycles. The highest BCUT2D eigenvalue weighted by molar-refractivity contribution is 5.81. The van der Waals surface area contributed by atoms with Crippen molar-refractivity contribution in [1.29, 1.82) is 0 Å². The minimum absolute atomic E-state index is 0.118. The number of hydrogen-bond donors (Lipinski definition) is 1. The maximum atomic E-state index is 12.3. The van der Waals surface area contributed by atoms with Gasteiger partial charge in [0.1, 0.15) is 0 Å². The monoisotopic (exact) mass is 316 g/mol. The van der Waals surface area contributed by atoms with Crippen molar-refractivity contribution in [3.8, 4) is 0 Å². The summed E-state index contributed by atoms with van der Waals surface area (Å²) in [6, 6.07) is 1.81. The number of carbonyl (C=O) groups is 1. The number of carbonyl (C=O) groups excluding carboxylic acids is 1. The highest BCUT2D eigenvalue weighted by atomic mass is 16.5. The highest BCUT2D eigenvalue weighted by Gasteiger charge is 2.46. The largest absolute Gasteiger partial charge is 0.368 e. The van der Waals surface area contributed by atoms with E-state index >= 15 is 0 Å². The molecule has 1 spiro atoms. The number of likely N-dealkylation sites (tertiary alicyclic amines) is 1. The van der Waals surface area contributed by atoms with Gasteiger partial charge in [0.05, 0.1) is 11.7 Å². The fourth-order valence-corrected chi connectivity index (χ4v) is 3.78. The van der Waals surface area contributed by atoms with E-state index < -0.39 is 0 Å². The Labute approximate surface area is 136 Å². The molecule has 0 bridgehead atoms. The molecule has 1 aromatic heterocycles. The summed E-state index contributed by atoms with van der Waals surface area (Å²) in [6.07, 6.45) is 10.0. The topological polar surface area (TPSA) is 67.4 Å². The van der Waals surface area contributed by atoms with E-state index in [-0.39, 0.29) is 11.7 Å². The zero-order valence-corrected chi connectivity index (χ0v) is 13.4. The Morgan fingerprint density at radius 2 is 2.13 bits per heavy atom. The van der Waals surface area contributed by atoms with Gasteiger partial charge in [-0.05, 0) is 44.6 Å². The van der Waals surface area contributed by atoms with Crippen LogP contribution in [0.2, 0.25) is 0 Å². The van der Waals surface area contributed by atoms with Crippen molar-refractivity contribution in [2.24, 2.45) is 5.92 Å². The van der Waals surface area contributed by atoms with Gasteiger partial charge in [0.25, 0.3) is 0 Å². The summed E-state index contributed by atoms with van der Waals surface area (Å²) >= 11 is 0. The van der Waals surface area contributed by atoms with Crippen LogP contribution in [0.3, 0.4) is 0 Å². The van der Waals surface area contributed by atoms with E-state index in [1.165, 1.54) is 0 Å². The van der Waals surface area contributed by atoms with E-state index in [1.807, 2.05) is 4.90 Å². The van der Waals surface area contributed by atoms with Crippen LogP contribution in [0.1, 0.15) is 38.5 Å². The number of hydrogen-bond acceptors (Lipinski definition) is 5. The van der Waals surface area contributed by atoms with Crippen LogP contribution in [-0.2, 0) is 9.53 Å². The standard InChI is InChI=1S/C17H24N4O2/c22-15(13-4-5-13)21-10-7-17(12-21)6-1-3-14(23-17)11-20-16-18-8-2-9-19-16/h2,8-9,13-14H,1,3-7,10-12H2,(H,18,19,20)/t14-,17-/m0/s1. The van der Waals surface area contributed by atoms with E-state index in [2.05, 4.69) is 15.3 Å². The van der Waals surface area contributed by atoms with Gasteiger partial charge in [-0.3, -0.25) is 4.79 Å². The predicted octanol–water partition coefficient (Wildman–Crippen LogP) is 1.84. The lowest BCUT2D eigenvalue weighted by Crippen LogP contribution is -2.46. The summed E-state index contributed by atoms with van der Waals surface area (Å²) in [5, 5.41) is 3.26. The molecule has 1 aromatic rings. The number of ether oxygens (including phenoxy) is 1. The minimum Gasteiger partial charge on any atom is -0.368 e. The lowest BCUT2D eigenvalue weighted by atomic mass is 9.90. The van der Waals surface area contributed by atoms with E-state index in [4.69, 9.17) is 4.74 Å². The predicted molar refractivity (Wildman–Crippen MR) is 85.9 cm³/mol. The van der Waals surface area contributed by atoms with Crippen LogP contribution in [0.4, 0.5) is 5.95 Å². The molecule has 23 heavy (non-hydrogen) atoms. The summed E-state index contributed by atoms with van der Waals surface area (Å²) < 4.78 is 6.43. The Morgan fingerprint density at radius 1 is 1.30 bits per heavy atom. The van der Waals surface area contributed by atoms with Gasteiger partial charge in [-0.25, -0.2) is 9.97 Å². The summed E-state index contributed by atoms with van der Waals surface area (Å²) in [6.45, 7) is 2.36. The second-order valence-electron chi connectivity index (χ2n) is 7.05. The number of rotatable bonds is 4. The number of anilines is 1. The average Bonchev–Trinajstić information content (AvgIpc) is 3.36. The van der Waals surface area contributed by atoms with Crippen molar-refractivity contribution < 1.29 is 9.53 Å². The molecule has 6 nitrogen and oxygen atoms in total. The second kappa shape index (κ2) is 6.07. The van der Waals surface area contributed by atoms with Gasteiger partial charge in [0.2, 0.25) is 11.9 Å². The normalized spacial score (nSPS) is 30.6. The Kier molecular flexibility index (Phi) is 3.93. The molecule has 1 saturated carbocycles. The number of aromatic nitrogens is 2. The van der Waals surface area contributed by atoms with E-state index in [0.717, 1.165) is 58.2 Å². The molecule has 1 amide bonds. The van der Waals surface area contributed by atoms with Crippen molar-refractivity contribution in [1.82, 2.24) is 14.9 Å². The molecule has 3 fully saturated rings. The molecular weight excluding hydrogens is 292 g/mol. The third-order valence-electron chi connectivity index (χ3n) is 5.18. The van der Waals surface area contributed by atoms with Gasteiger partial charge >= 0.3 is 0 Å². The van der Waals surface area contributed by atoms with Crippen LogP contribution >= 0.6 is 0 Å². The zero-order valence-electron chi connectivity index (χ0n) is 13.4. The second-order valence-corrected chi connectivity index (χ2v) is 7.05. The van der Waals surface area contributed by atoms with Crippen LogP contribution < -0.4 is 5.32 Å². The lowest BCUT2D eigenvalue weighted by molar-refractivity contribution is -0.138. The third kappa shape index (κ3) is 3.32. The fraction of sp³-hybridized carbons (Fsp3) is 0.706. The van der Waals surface area contributed by atoms with Crippen LogP contribution in [0.5, 0.6) is 0 Å². The Balaban J connectivity index is 1.33. The maximum Gasteiger partial charge on any atom is 0.225 e. The lowest BCUT2D eigenvalue weighted by Gasteiger charge is -2.38. The quantitative estimate of drug-likeness (QED) is 0.918. The molecule has 3 aliphatic rings. The first-order valence-corrected chi connectivity index (χ1v) is 8.72. The summed E-state index contributed by atoms with van der Waals surface area (Å²) in [4.78, 5) is 22.7. The molecule has 0 unspecified atom stereocenters. The first kappa shape index (κ1) is 14.9. The third-order valence-corrected chi connectivity index (χ3v) is 5.18. The van der Waals surface area contributed by atoms with Gasteiger partial charge < -0.3 is 15.0 Å². The molecule has 4 rings (SSSR count). The fourth-order valence-electron chi connectivity index (χ4n) is 3.78. The molecule has 124 valence electrons. The molecule has 0 aromatic carbocycles. The van der Waals surface area contributed by atoms with Crippen LogP contribution in [0.25, 0.3) is 0 Å². The summed E-state index contributed by atoms with van der Waals surface area (Å²) in [5.41, 5.74) is -0.118. The Bertz CT molecular complexity index is 563. The molecule has 2 saturated heterocycles. The maximum absolute atomic E-state index is 12.3. The van der Waals surface area contributed by atoms with Gasteiger partial charge in [-0.1, -0.05) is 0 Å².